The first-order chi connectivity index (χ1) is 11.2. The molecule has 1 N–H and O–H groups in total. The molecule has 3 rings (SSSR count). The lowest BCUT2D eigenvalue weighted by atomic mass is 9.50. The molecule has 1 amide bonds. The number of nitrogens with zero attached hydrogens (tertiary/aromatic N) is 1. The first kappa shape index (κ1) is 17.5. The average molecular weight is 335 g/mol. The minimum absolute atomic E-state index is 0.0713. The average Bonchev–Trinajstić information content (AvgIpc) is 2.73. The van der Waals surface area contributed by atoms with Crippen molar-refractivity contribution in [2.24, 2.45) is 16.7 Å². The number of fused-ring (bicyclic) bond motifs is 2. The van der Waals surface area contributed by atoms with E-state index in [1.807, 2.05) is 6.92 Å². The molecule has 0 aromatic carbocycles. The van der Waals surface area contributed by atoms with E-state index < -0.39 is 12.2 Å². The topological polar surface area (TPSA) is 66.8 Å². The molecule has 0 saturated heterocycles. The maximum atomic E-state index is 12.9. The predicted octanol–water partition coefficient (Wildman–Crippen LogP) is 3.20. The van der Waals surface area contributed by atoms with Gasteiger partial charge >= 0.3 is 5.97 Å². The van der Waals surface area contributed by atoms with Crippen LogP contribution in [0, 0.1) is 16.7 Å². The highest BCUT2D eigenvalue weighted by Crippen LogP contribution is 2.61. The lowest BCUT2D eigenvalue weighted by molar-refractivity contribution is -0.149. The zero-order chi connectivity index (χ0) is 17.7. The SMILES string of the molecule is CCO[C@H]1C2=C(CC[C@H]3C(C)(C)CCC[C@]23C)C(=O)N1CC(=O)O. The standard InChI is InChI=1S/C19H29NO4/c1-5-24-17-15-12(16(23)20(17)11-14(21)22)7-8-13-18(2,3)9-6-10-19(13,15)4/h13,17H,5-11H2,1-4H3,(H,21,22)/t13-,17-,19-/m0/s1. The maximum absolute atomic E-state index is 12.9. The molecule has 3 atom stereocenters. The number of carbonyl (C=O) groups excluding carboxylic acids is 1. The van der Waals surface area contributed by atoms with Crippen LogP contribution in [0.1, 0.15) is 59.8 Å². The number of hydrogen-bond donors (Lipinski definition) is 1. The van der Waals surface area contributed by atoms with Gasteiger partial charge in [0, 0.05) is 12.2 Å². The third-order valence-corrected chi connectivity index (χ3v) is 6.53. The Bertz CT molecular complexity index is 594. The van der Waals surface area contributed by atoms with Gasteiger partial charge in [0.05, 0.1) is 0 Å². The highest BCUT2D eigenvalue weighted by atomic mass is 16.5. The van der Waals surface area contributed by atoms with Gasteiger partial charge in [-0.1, -0.05) is 27.2 Å². The van der Waals surface area contributed by atoms with Gasteiger partial charge in [0.25, 0.3) is 5.91 Å². The Balaban J connectivity index is 2.05. The van der Waals surface area contributed by atoms with Gasteiger partial charge in [0.1, 0.15) is 6.54 Å². The quantitative estimate of drug-likeness (QED) is 0.857. The van der Waals surface area contributed by atoms with E-state index in [0.29, 0.717) is 12.5 Å². The molecule has 0 aromatic rings. The van der Waals surface area contributed by atoms with E-state index in [1.54, 1.807) is 0 Å². The Hall–Kier alpha value is -1.36. The fourth-order valence-corrected chi connectivity index (χ4v) is 5.64. The Kier molecular flexibility index (Phi) is 4.27. The number of carboxylic acid groups (broad SMARTS) is 1. The molecule has 1 aliphatic heterocycles. The zero-order valence-corrected chi connectivity index (χ0v) is 15.2. The molecule has 5 nitrogen and oxygen atoms in total. The van der Waals surface area contributed by atoms with Crippen LogP contribution < -0.4 is 0 Å². The molecule has 1 heterocycles. The summed E-state index contributed by atoms with van der Waals surface area (Å²) in [6.07, 6.45) is 4.66. The van der Waals surface area contributed by atoms with Crippen LogP contribution in [0.25, 0.3) is 0 Å². The fraction of sp³-hybridized carbons (Fsp3) is 0.789. The van der Waals surface area contributed by atoms with E-state index in [4.69, 9.17) is 4.74 Å². The Morgan fingerprint density at radius 2 is 2.04 bits per heavy atom. The van der Waals surface area contributed by atoms with Gasteiger partial charge in [-0.25, -0.2) is 0 Å². The summed E-state index contributed by atoms with van der Waals surface area (Å²) in [5.41, 5.74) is 2.08. The van der Waals surface area contributed by atoms with Gasteiger partial charge in [0.2, 0.25) is 0 Å². The summed E-state index contributed by atoms with van der Waals surface area (Å²) in [7, 11) is 0. The second-order valence-electron chi connectivity index (χ2n) is 8.38. The highest BCUT2D eigenvalue weighted by Gasteiger charge is 2.57. The van der Waals surface area contributed by atoms with Gasteiger partial charge in [-0.3, -0.25) is 14.5 Å². The molecule has 0 spiro atoms. The number of amides is 1. The Morgan fingerprint density at radius 3 is 2.67 bits per heavy atom. The molecule has 1 saturated carbocycles. The molecule has 134 valence electrons. The minimum Gasteiger partial charge on any atom is -0.480 e. The summed E-state index contributed by atoms with van der Waals surface area (Å²) in [5, 5.41) is 9.22. The number of aliphatic carboxylic acids is 1. The first-order valence-corrected chi connectivity index (χ1v) is 9.10. The summed E-state index contributed by atoms with van der Waals surface area (Å²) in [6.45, 7) is 9.02. The first-order valence-electron chi connectivity index (χ1n) is 9.10. The lowest BCUT2D eigenvalue weighted by Gasteiger charge is -2.54. The van der Waals surface area contributed by atoms with Gasteiger partial charge < -0.3 is 9.84 Å². The molecule has 0 aromatic heterocycles. The number of ether oxygens (including phenoxy) is 1. The second-order valence-corrected chi connectivity index (χ2v) is 8.38. The normalized spacial score (nSPS) is 35.0. The van der Waals surface area contributed by atoms with Crippen molar-refractivity contribution in [2.75, 3.05) is 13.2 Å². The molecular formula is C19H29NO4. The van der Waals surface area contributed by atoms with Gasteiger partial charge in [-0.05, 0) is 54.9 Å². The number of carboxylic acids is 1. The third-order valence-electron chi connectivity index (χ3n) is 6.53. The number of hydrogen-bond acceptors (Lipinski definition) is 3. The Morgan fingerprint density at radius 1 is 1.33 bits per heavy atom. The van der Waals surface area contributed by atoms with Crippen molar-refractivity contribution < 1.29 is 19.4 Å². The predicted molar refractivity (Wildman–Crippen MR) is 90.3 cm³/mol. The largest absolute Gasteiger partial charge is 0.480 e. The fourth-order valence-electron chi connectivity index (χ4n) is 5.64. The minimum atomic E-state index is -0.987. The van der Waals surface area contributed by atoms with E-state index in [1.165, 1.54) is 11.3 Å². The smallest absolute Gasteiger partial charge is 0.323 e. The van der Waals surface area contributed by atoms with Crippen LogP contribution in [0.2, 0.25) is 0 Å². The summed E-state index contributed by atoms with van der Waals surface area (Å²) in [5.74, 6) is -0.606. The monoisotopic (exact) mass is 335 g/mol. The number of rotatable bonds is 4. The van der Waals surface area contributed by atoms with Crippen LogP contribution in [0.5, 0.6) is 0 Å². The molecule has 0 radical (unpaired) electrons. The van der Waals surface area contributed by atoms with Crippen LogP contribution in [0.3, 0.4) is 0 Å². The van der Waals surface area contributed by atoms with Crippen LogP contribution in [-0.2, 0) is 14.3 Å². The molecule has 3 aliphatic rings. The summed E-state index contributed by atoms with van der Waals surface area (Å²) in [6, 6.07) is 0. The summed E-state index contributed by atoms with van der Waals surface area (Å²) >= 11 is 0. The van der Waals surface area contributed by atoms with Crippen molar-refractivity contribution in [3.05, 3.63) is 11.1 Å². The van der Waals surface area contributed by atoms with Crippen molar-refractivity contribution in [3.63, 3.8) is 0 Å². The van der Waals surface area contributed by atoms with Crippen molar-refractivity contribution >= 4 is 11.9 Å². The van der Waals surface area contributed by atoms with Crippen molar-refractivity contribution in [1.82, 2.24) is 4.90 Å². The van der Waals surface area contributed by atoms with Crippen LogP contribution >= 0.6 is 0 Å². The molecule has 0 bridgehead atoms. The van der Waals surface area contributed by atoms with Gasteiger partial charge in [0.15, 0.2) is 6.23 Å². The highest BCUT2D eigenvalue weighted by molar-refractivity contribution is 5.99. The lowest BCUT2D eigenvalue weighted by Crippen LogP contribution is -2.49. The van der Waals surface area contributed by atoms with Crippen LogP contribution in [-0.4, -0.2) is 41.3 Å². The van der Waals surface area contributed by atoms with E-state index >= 15 is 0 Å². The van der Waals surface area contributed by atoms with Crippen molar-refractivity contribution in [1.29, 1.82) is 0 Å². The third kappa shape index (κ3) is 2.48. The van der Waals surface area contributed by atoms with Crippen LogP contribution in [0.4, 0.5) is 0 Å². The molecule has 1 fully saturated rings. The Labute approximate surface area is 144 Å². The molecule has 0 unspecified atom stereocenters. The van der Waals surface area contributed by atoms with Crippen molar-refractivity contribution in [3.8, 4) is 0 Å². The van der Waals surface area contributed by atoms with E-state index in [0.717, 1.165) is 36.8 Å². The van der Waals surface area contributed by atoms with E-state index in [9.17, 15) is 14.7 Å². The molecule has 24 heavy (non-hydrogen) atoms. The van der Waals surface area contributed by atoms with Gasteiger partial charge in [-0.2, -0.15) is 0 Å². The molecular weight excluding hydrogens is 306 g/mol. The second kappa shape index (κ2) is 5.87. The van der Waals surface area contributed by atoms with Crippen LogP contribution in [0.15, 0.2) is 11.1 Å². The molecule has 5 heteroatoms. The van der Waals surface area contributed by atoms with Gasteiger partial charge in [-0.15, -0.1) is 0 Å². The van der Waals surface area contributed by atoms with E-state index in [-0.39, 0.29) is 23.3 Å². The molecule has 2 aliphatic carbocycles. The number of carbonyl (C=O) groups is 2. The van der Waals surface area contributed by atoms with E-state index in [2.05, 4.69) is 20.8 Å². The van der Waals surface area contributed by atoms with Crippen molar-refractivity contribution in [2.45, 2.75) is 66.0 Å². The maximum Gasteiger partial charge on any atom is 0.323 e. The zero-order valence-electron chi connectivity index (χ0n) is 15.2. The summed E-state index contributed by atoms with van der Waals surface area (Å²) < 4.78 is 5.92. The summed E-state index contributed by atoms with van der Waals surface area (Å²) in [4.78, 5) is 25.5.